The molecular formula is C11H18N2OS. The number of aryl methyl sites for hydroxylation is 1. The van der Waals surface area contributed by atoms with E-state index in [9.17, 15) is 4.79 Å². The molecule has 1 aromatic rings. The topological polar surface area (TPSA) is 26.9 Å². The van der Waals surface area contributed by atoms with Gasteiger partial charge in [-0.1, -0.05) is 6.92 Å². The second-order valence-corrected chi connectivity index (χ2v) is 5.36. The molecule has 84 valence electrons. The minimum absolute atomic E-state index is 0.180. The number of aromatic nitrogens is 2. The van der Waals surface area contributed by atoms with Gasteiger partial charge < -0.3 is 0 Å². The van der Waals surface area contributed by atoms with Crippen LogP contribution in [-0.2, 0) is 6.54 Å². The summed E-state index contributed by atoms with van der Waals surface area (Å²) >= 11 is 1.94. The molecule has 0 saturated heterocycles. The standard InChI is InChI=1S/C11H18N2OS/c1-2-15-9-3-6-12-7-8-13(11(12)14)10-4-5-10/h7-8,10H,2-6,9H2,1H3. The molecule has 0 aromatic carbocycles. The zero-order valence-electron chi connectivity index (χ0n) is 9.19. The van der Waals surface area contributed by atoms with Crippen LogP contribution in [0.5, 0.6) is 0 Å². The number of thioether (sulfide) groups is 1. The summed E-state index contributed by atoms with van der Waals surface area (Å²) in [6.45, 7) is 3.03. The van der Waals surface area contributed by atoms with Crippen molar-refractivity contribution in [1.29, 1.82) is 0 Å². The highest BCUT2D eigenvalue weighted by atomic mass is 32.2. The minimum Gasteiger partial charge on any atom is -0.299 e. The van der Waals surface area contributed by atoms with Crippen LogP contribution in [-0.4, -0.2) is 20.6 Å². The van der Waals surface area contributed by atoms with Crippen molar-refractivity contribution >= 4 is 11.8 Å². The van der Waals surface area contributed by atoms with Crippen molar-refractivity contribution in [3.8, 4) is 0 Å². The lowest BCUT2D eigenvalue weighted by Gasteiger charge is -2.01. The maximum absolute atomic E-state index is 11.8. The molecule has 4 heteroatoms. The Morgan fingerprint density at radius 1 is 1.47 bits per heavy atom. The lowest BCUT2D eigenvalue weighted by Crippen LogP contribution is -2.23. The van der Waals surface area contributed by atoms with Crippen molar-refractivity contribution in [2.75, 3.05) is 11.5 Å². The molecule has 1 fully saturated rings. The SMILES string of the molecule is CCSCCCn1ccn(C2CC2)c1=O. The molecule has 2 rings (SSSR count). The average molecular weight is 226 g/mol. The van der Waals surface area contributed by atoms with Gasteiger partial charge in [-0.2, -0.15) is 11.8 Å². The van der Waals surface area contributed by atoms with Gasteiger partial charge in [0.15, 0.2) is 0 Å². The summed E-state index contributed by atoms with van der Waals surface area (Å²) in [6, 6.07) is 0.503. The van der Waals surface area contributed by atoms with E-state index in [0.717, 1.165) is 24.5 Å². The lowest BCUT2D eigenvalue weighted by molar-refractivity contribution is 0.613. The molecule has 0 spiro atoms. The Hall–Kier alpha value is -0.640. The van der Waals surface area contributed by atoms with E-state index in [2.05, 4.69) is 6.92 Å². The quantitative estimate of drug-likeness (QED) is 0.695. The van der Waals surface area contributed by atoms with Gasteiger partial charge in [0.05, 0.1) is 0 Å². The van der Waals surface area contributed by atoms with Gasteiger partial charge in [0.25, 0.3) is 0 Å². The number of rotatable bonds is 6. The predicted octanol–water partition coefficient (Wildman–Crippen LogP) is 2.13. The molecule has 1 aliphatic carbocycles. The first-order valence-electron chi connectivity index (χ1n) is 5.68. The first kappa shape index (κ1) is 10.9. The first-order chi connectivity index (χ1) is 7.33. The maximum atomic E-state index is 11.8. The van der Waals surface area contributed by atoms with Crippen LogP contribution in [0.25, 0.3) is 0 Å². The van der Waals surface area contributed by atoms with Crippen molar-refractivity contribution in [2.24, 2.45) is 0 Å². The summed E-state index contributed by atoms with van der Waals surface area (Å²) in [7, 11) is 0. The molecule has 1 saturated carbocycles. The number of hydrogen-bond acceptors (Lipinski definition) is 2. The molecule has 0 amide bonds. The van der Waals surface area contributed by atoms with Gasteiger partial charge in [0.2, 0.25) is 0 Å². The van der Waals surface area contributed by atoms with E-state index in [0.29, 0.717) is 6.04 Å². The fourth-order valence-electron chi connectivity index (χ4n) is 1.71. The summed E-state index contributed by atoms with van der Waals surface area (Å²) in [5, 5.41) is 0. The van der Waals surface area contributed by atoms with Crippen LogP contribution in [0.4, 0.5) is 0 Å². The van der Waals surface area contributed by atoms with E-state index in [1.54, 1.807) is 0 Å². The summed E-state index contributed by atoms with van der Waals surface area (Å²) in [4.78, 5) is 11.8. The Morgan fingerprint density at radius 2 is 2.27 bits per heavy atom. The molecule has 0 N–H and O–H groups in total. The Labute approximate surface area is 94.5 Å². The van der Waals surface area contributed by atoms with Gasteiger partial charge in [-0.15, -0.1) is 0 Å². The molecular weight excluding hydrogens is 208 g/mol. The summed E-state index contributed by atoms with van der Waals surface area (Å²) in [5.74, 6) is 2.32. The lowest BCUT2D eigenvalue weighted by atomic mass is 10.5. The van der Waals surface area contributed by atoms with Crippen molar-refractivity contribution in [2.45, 2.75) is 38.8 Å². The van der Waals surface area contributed by atoms with E-state index in [4.69, 9.17) is 0 Å². The maximum Gasteiger partial charge on any atom is 0.328 e. The van der Waals surface area contributed by atoms with Crippen LogP contribution in [0.3, 0.4) is 0 Å². The van der Waals surface area contributed by atoms with Gasteiger partial charge in [-0.05, 0) is 30.8 Å². The predicted molar refractivity (Wildman–Crippen MR) is 64.6 cm³/mol. The summed E-state index contributed by atoms with van der Waals surface area (Å²) < 4.78 is 3.72. The van der Waals surface area contributed by atoms with Crippen LogP contribution in [0.15, 0.2) is 17.2 Å². The Kier molecular flexibility index (Phi) is 3.57. The molecule has 1 heterocycles. The second kappa shape index (κ2) is 4.92. The Morgan fingerprint density at radius 3 is 2.93 bits per heavy atom. The van der Waals surface area contributed by atoms with Crippen molar-refractivity contribution in [3.05, 3.63) is 22.9 Å². The van der Waals surface area contributed by atoms with Crippen LogP contribution < -0.4 is 5.69 Å². The third-order valence-electron chi connectivity index (χ3n) is 2.71. The number of imidazole rings is 1. The smallest absolute Gasteiger partial charge is 0.299 e. The third-order valence-corrected chi connectivity index (χ3v) is 3.69. The summed E-state index contributed by atoms with van der Waals surface area (Å²) in [5.41, 5.74) is 0.180. The van der Waals surface area contributed by atoms with Crippen LogP contribution in [0.2, 0.25) is 0 Å². The number of nitrogens with zero attached hydrogens (tertiary/aromatic N) is 2. The number of hydrogen-bond donors (Lipinski definition) is 0. The fourth-order valence-corrected chi connectivity index (χ4v) is 2.33. The van der Waals surface area contributed by atoms with E-state index in [-0.39, 0.29) is 5.69 Å². The van der Waals surface area contributed by atoms with Gasteiger partial charge in [-0.3, -0.25) is 9.13 Å². The molecule has 15 heavy (non-hydrogen) atoms. The van der Waals surface area contributed by atoms with Gasteiger partial charge in [-0.25, -0.2) is 4.79 Å². The molecule has 1 aromatic heterocycles. The molecule has 0 aliphatic heterocycles. The van der Waals surface area contributed by atoms with Gasteiger partial charge in [0, 0.05) is 25.0 Å². The van der Waals surface area contributed by atoms with Crippen molar-refractivity contribution < 1.29 is 0 Å². The minimum atomic E-state index is 0.180. The molecule has 0 atom stereocenters. The second-order valence-electron chi connectivity index (χ2n) is 3.96. The highest BCUT2D eigenvalue weighted by molar-refractivity contribution is 7.99. The van der Waals surface area contributed by atoms with Crippen LogP contribution >= 0.6 is 11.8 Å². The molecule has 0 bridgehead atoms. The molecule has 0 unspecified atom stereocenters. The zero-order valence-corrected chi connectivity index (χ0v) is 10.0. The molecule has 3 nitrogen and oxygen atoms in total. The van der Waals surface area contributed by atoms with Crippen molar-refractivity contribution in [1.82, 2.24) is 9.13 Å². The highest BCUT2D eigenvalue weighted by Gasteiger charge is 2.25. The third kappa shape index (κ3) is 2.68. The monoisotopic (exact) mass is 226 g/mol. The Balaban J connectivity index is 1.88. The van der Waals surface area contributed by atoms with Crippen LogP contribution in [0, 0.1) is 0 Å². The van der Waals surface area contributed by atoms with E-state index < -0.39 is 0 Å². The molecule has 1 aliphatic rings. The van der Waals surface area contributed by atoms with Crippen LogP contribution in [0.1, 0.15) is 32.2 Å². The van der Waals surface area contributed by atoms with E-state index in [1.165, 1.54) is 12.8 Å². The average Bonchev–Trinajstić information content (AvgIpc) is 3.00. The van der Waals surface area contributed by atoms with E-state index in [1.807, 2.05) is 33.3 Å². The van der Waals surface area contributed by atoms with Crippen molar-refractivity contribution in [3.63, 3.8) is 0 Å². The summed E-state index contributed by atoms with van der Waals surface area (Å²) in [6.07, 6.45) is 7.31. The fraction of sp³-hybridized carbons (Fsp3) is 0.727. The van der Waals surface area contributed by atoms with E-state index >= 15 is 0 Å². The largest absolute Gasteiger partial charge is 0.328 e. The highest BCUT2D eigenvalue weighted by Crippen LogP contribution is 2.33. The van der Waals surface area contributed by atoms with Gasteiger partial charge in [0.1, 0.15) is 0 Å². The zero-order chi connectivity index (χ0) is 10.7. The normalized spacial score (nSPS) is 15.8. The van der Waals surface area contributed by atoms with Gasteiger partial charge >= 0.3 is 5.69 Å². The first-order valence-corrected chi connectivity index (χ1v) is 6.83. The molecule has 0 radical (unpaired) electrons. The Bertz CT molecular complexity index is 365.